The Morgan fingerprint density at radius 1 is 1.28 bits per heavy atom. The van der Waals surface area contributed by atoms with Gasteiger partial charge in [-0.1, -0.05) is 6.92 Å². The Morgan fingerprint density at radius 3 is 2.44 bits per heavy atom. The molecule has 0 spiro atoms. The lowest BCUT2D eigenvalue weighted by Gasteiger charge is -2.18. The van der Waals surface area contributed by atoms with Gasteiger partial charge in [-0.05, 0) is 12.8 Å². The van der Waals surface area contributed by atoms with Crippen LogP contribution >= 0.6 is 0 Å². The number of ether oxygens (including phenoxy) is 2. The van der Waals surface area contributed by atoms with E-state index in [0.29, 0.717) is 6.42 Å². The summed E-state index contributed by atoms with van der Waals surface area (Å²) < 4.78 is 9.66. The summed E-state index contributed by atoms with van der Waals surface area (Å²) in [7, 11) is 0. The highest BCUT2D eigenvalue weighted by Gasteiger charge is 2.14. The third-order valence-electron chi connectivity index (χ3n) is 2.17. The minimum absolute atomic E-state index is 0.0176. The molecule has 2 atom stereocenters. The zero-order chi connectivity index (χ0) is 14.0. The van der Waals surface area contributed by atoms with Crippen LogP contribution in [0.2, 0.25) is 0 Å². The number of aliphatic carboxylic acids is 1. The maximum atomic E-state index is 11.1. The first-order valence-electron chi connectivity index (χ1n) is 5.81. The topological polar surface area (TPSA) is 113 Å². The second kappa shape index (κ2) is 9.81. The van der Waals surface area contributed by atoms with Crippen LogP contribution in [0.1, 0.15) is 32.6 Å². The molecule has 0 aliphatic rings. The van der Waals surface area contributed by atoms with Gasteiger partial charge in [0.2, 0.25) is 0 Å². The van der Waals surface area contributed by atoms with Gasteiger partial charge in [-0.25, -0.2) is 0 Å². The lowest BCUT2D eigenvalue weighted by atomic mass is 10.2. The number of aliphatic hydroxyl groups excluding tert-OH is 2. The van der Waals surface area contributed by atoms with Crippen LogP contribution < -0.4 is 0 Å². The first kappa shape index (κ1) is 16.8. The van der Waals surface area contributed by atoms with Gasteiger partial charge in [-0.2, -0.15) is 0 Å². The molecule has 7 heteroatoms. The average Bonchev–Trinajstić information content (AvgIpc) is 2.33. The molecular weight excluding hydrogens is 244 g/mol. The second-order valence-corrected chi connectivity index (χ2v) is 3.73. The lowest BCUT2D eigenvalue weighted by molar-refractivity contribution is -0.183. The van der Waals surface area contributed by atoms with E-state index in [4.69, 9.17) is 14.9 Å². The fourth-order valence-corrected chi connectivity index (χ4v) is 1.15. The molecule has 0 rings (SSSR count). The number of rotatable bonds is 10. The molecule has 106 valence electrons. The van der Waals surface area contributed by atoms with Crippen molar-refractivity contribution in [2.24, 2.45) is 0 Å². The van der Waals surface area contributed by atoms with Crippen LogP contribution in [0.3, 0.4) is 0 Å². The quantitative estimate of drug-likeness (QED) is 0.372. The monoisotopic (exact) mass is 264 g/mol. The SMILES string of the molecule is CCC(CO)OC(O)COC(=O)CCCC(=O)O. The van der Waals surface area contributed by atoms with E-state index in [9.17, 15) is 14.7 Å². The van der Waals surface area contributed by atoms with Crippen LogP contribution in [0.5, 0.6) is 0 Å². The molecule has 18 heavy (non-hydrogen) atoms. The van der Waals surface area contributed by atoms with Crippen molar-refractivity contribution in [2.75, 3.05) is 13.2 Å². The molecule has 0 radical (unpaired) electrons. The predicted octanol–water partition coefficient (Wildman–Crippen LogP) is -0.110. The number of aliphatic hydroxyl groups is 2. The van der Waals surface area contributed by atoms with Crippen molar-refractivity contribution >= 4 is 11.9 Å². The van der Waals surface area contributed by atoms with Gasteiger partial charge < -0.3 is 24.8 Å². The molecule has 0 aliphatic heterocycles. The zero-order valence-electron chi connectivity index (χ0n) is 10.4. The molecule has 0 amide bonds. The predicted molar refractivity (Wildman–Crippen MR) is 60.7 cm³/mol. The highest BCUT2D eigenvalue weighted by atomic mass is 16.6. The van der Waals surface area contributed by atoms with E-state index in [-0.39, 0.29) is 32.5 Å². The van der Waals surface area contributed by atoms with Crippen molar-refractivity contribution in [1.29, 1.82) is 0 Å². The summed E-state index contributed by atoms with van der Waals surface area (Å²) in [6.07, 6.45) is -1.18. The Hall–Kier alpha value is -1.18. The average molecular weight is 264 g/mol. The van der Waals surface area contributed by atoms with Crippen molar-refractivity contribution in [1.82, 2.24) is 0 Å². The van der Waals surface area contributed by atoms with Gasteiger partial charge in [-0.15, -0.1) is 0 Å². The Balaban J connectivity index is 3.67. The van der Waals surface area contributed by atoms with Crippen LogP contribution in [-0.4, -0.2) is 52.9 Å². The van der Waals surface area contributed by atoms with Crippen molar-refractivity contribution in [3.8, 4) is 0 Å². The maximum Gasteiger partial charge on any atom is 0.305 e. The standard InChI is InChI=1S/C11H20O7/c1-2-8(6-12)18-11(16)7-17-10(15)5-3-4-9(13)14/h8,11-12,16H,2-7H2,1H3,(H,13,14). The minimum atomic E-state index is -1.29. The first-order valence-corrected chi connectivity index (χ1v) is 5.81. The molecule has 2 unspecified atom stereocenters. The highest BCUT2D eigenvalue weighted by Crippen LogP contribution is 2.03. The Kier molecular flexibility index (Phi) is 9.17. The lowest BCUT2D eigenvalue weighted by Crippen LogP contribution is -2.29. The first-order chi connectivity index (χ1) is 8.49. The van der Waals surface area contributed by atoms with Crippen LogP contribution in [-0.2, 0) is 19.1 Å². The van der Waals surface area contributed by atoms with Crippen LogP contribution in [0.25, 0.3) is 0 Å². The van der Waals surface area contributed by atoms with E-state index < -0.39 is 24.3 Å². The summed E-state index contributed by atoms with van der Waals surface area (Å²) >= 11 is 0. The summed E-state index contributed by atoms with van der Waals surface area (Å²) in [5, 5.41) is 26.5. The van der Waals surface area contributed by atoms with E-state index in [1.165, 1.54) is 0 Å². The van der Waals surface area contributed by atoms with Gasteiger partial charge in [0.15, 0.2) is 6.29 Å². The second-order valence-electron chi connectivity index (χ2n) is 3.73. The van der Waals surface area contributed by atoms with Crippen molar-refractivity contribution < 1.29 is 34.4 Å². The molecule has 0 heterocycles. The minimum Gasteiger partial charge on any atom is -0.481 e. The molecule has 0 saturated carbocycles. The number of carbonyl (C=O) groups excluding carboxylic acids is 1. The van der Waals surface area contributed by atoms with Gasteiger partial charge in [0, 0.05) is 12.8 Å². The normalized spacial score (nSPS) is 13.9. The van der Waals surface area contributed by atoms with E-state index in [2.05, 4.69) is 4.74 Å². The summed E-state index contributed by atoms with van der Waals surface area (Å²) in [4.78, 5) is 21.3. The molecular formula is C11H20O7. The van der Waals surface area contributed by atoms with Crippen LogP contribution in [0, 0.1) is 0 Å². The number of carboxylic acids is 1. The largest absolute Gasteiger partial charge is 0.481 e. The number of hydrogen-bond acceptors (Lipinski definition) is 6. The van der Waals surface area contributed by atoms with E-state index >= 15 is 0 Å². The smallest absolute Gasteiger partial charge is 0.305 e. The molecule has 7 nitrogen and oxygen atoms in total. The Morgan fingerprint density at radius 2 is 1.94 bits per heavy atom. The number of carboxylic acid groups (broad SMARTS) is 1. The zero-order valence-corrected chi connectivity index (χ0v) is 10.4. The van der Waals surface area contributed by atoms with Crippen molar-refractivity contribution in [3.05, 3.63) is 0 Å². The molecule has 0 saturated heterocycles. The van der Waals surface area contributed by atoms with E-state index in [1.54, 1.807) is 6.92 Å². The molecule has 3 N–H and O–H groups in total. The van der Waals surface area contributed by atoms with Crippen molar-refractivity contribution in [3.63, 3.8) is 0 Å². The van der Waals surface area contributed by atoms with E-state index in [1.807, 2.05) is 0 Å². The summed E-state index contributed by atoms with van der Waals surface area (Å²) in [5.74, 6) is -1.56. The Labute approximate surface area is 105 Å². The summed E-state index contributed by atoms with van der Waals surface area (Å²) in [6, 6.07) is 0. The Bertz CT molecular complexity index is 250. The number of carbonyl (C=O) groups is 2. The molecule has 0 aromatic heterocycles. The number of hydrogen-bond donors (Lipinski definition) is 3. The van der Waals surface area contributed by atoms with Crippen LogP contribution in [0.4, 0.5) is 0 Å². The third kappa shape index (κ3) is 8.91. The highest BCUT2D eigenvalue weighted by molar-refractivity contribution is 5.71. The molecule has 0 aromatic rings. The van der Waals surface area contributed by atoms with Crippen LogP contribution in [0.15, 0.2) is 0 Å². The third-order valence-corrected chi connectivity index (χ3v) is 2.17. The molecule has 0 bridgehead atoms. The summed E-state index contributed by atoms with van der Waals surface area (Å²) in [6.45, 7) is 1.23. The van der Waals surface area contributed by atoms with Gasteiger partial charge in [-0.3, -0.25) is 9.59 Å². The maximum absolute atomic E-state index is 11.1. The van der Waals surface area contributed by atoms with Gasteiger partial charge >= 0.3 is 11.9 Å². The summed E-state index contributed by atoms with van der Waals surface area (Å²) in [5.41, 5.74) is 0. The van der Waals surface area contributed by atoms with Gasteiger partial charge in [0.25, 0.3) is 0 Å². The van der Waals surface area contributed by atoms with E-state index in [0.717, 1.165) is 0 Å². The fraction of sp³-hybridized carbons (Fsp3) is 0.818. The van der Waals surface area contributed by atoms with Gasteiger partial charge in [0.05, 0.1) is 12.7 Å². The van der Waals surface area contributed by atoms with Crippen molar-refractivity contribution in [2.45, 2.75) is 45.0 Å². The van der Waals surface area contributed by atoms with Gasteiger partial charge in [0.1, 0.15) is 6.61 Å². The molecule has 0 fully saturated rings. The fourth-order valence-electron chi connectivity index (χ4n) is 1.15. The number of esters is 1. The molecule has 0 aromatic carbocycles. The molecule has 0 aliphatic carbocycles.